The summed E-state index contributed by atoms with van der Waals surface area (Å²) in [5.74, 6) is 0.418. The van der Waals surface area contributed by atoms with Crippen LogP contribution in [0.5, 0.6) is 0 Å². The number of unbranched alkanes of at least 4 members (excludes halogenated alkanes) is 3. The van der Waals surface area contributed by atoms with Crippen LogP contribution in [0.4, 0.5) is 0 Å². The largest absolute Gasteiger partial charge is 0.469 e. The Morgan fingerprint density at radius 2 is 2.04 bits per heavy atom. The average Bonchev–Trinajstić information content (AvgIpc) is 2.96. The van der Waals surface area contributed by atoms with Gasteiger partial charge >= 0.3 is 5.97 Å². The molecular weight excluding hydrogens is 316 g/mol. The van der Waals surface area contributed by atoms with E-state index >= 15 is 0 Å². The second-order valence-electron chi connectivity index (χ2n) is 7.11. The maximum Gasteiger partial charge on any atom is 0.305 e. The first kappa shape index (κ1) is 21.9. The molecule has 0 aromatic rings. The molecule has 0 aromatic heterocycles. The molecule has 4 heteroatoms. The van der Waals surface area contributed by atoms with Gasteiger partial charge in [-0.25, -0.2) is 0 Å². The second-order valence-corrected chi connectivity index (χ2v) is 7.11. The molecule has 2 N–H and O–H groups in total. The van der Waals surface area contributed by atoms with Gasteiger partial charge in [0.15, 0.2) is 0 Å². The normalized spacial score (nSPS) is 25.0. The van der Waals surface area contributed by atoms with Crippen molar-refractivity contribution in [1.82, 2.24) is 0 Å². The lowest BCUT2D eigenvalue weighted by Crippen LogP contribution is -2.17. The third-order valence-electron chi connectivity index (χ3n) is 5.07. The zero-order valence-corrected chi connectivity index (χ0v) is 15.9. The van der Waals surface area contributed by atoms with E-state index in [4.69, 9.17) is 0 Å². The number of methoxy groups -OCH3 is 1. The number of rotatable bonds is 12. The van der Waals surface area contributed by atoms with Crippen LogP contribution in [-0.4, -0.2) is 35.5 Å². The Kier molecular flexibility index (Phi) is 11.5. The number of aliphatic hydroxyl groups is 2. The minimum Gasteiger partial charge on any atom is -0.469 e. The third kappa shape index (κ3) is 9.22. The van der Waals surface area contributed by atoms with E-state index in [1.54, 1.807) is 0 Å². The number of aliphatic hydroxyl groups excluding tert-OH is 2. The quantitative estimate of drug-likeness (QED) is 0.314. The summed E-state index contributed by atoms with van der Waals surface area (Å²) in [6.45, 7) is 2.16. The van der Waals surface area contributed by atoms with Crippen molar-refractivity contribution < 1.29 is 19.7 Å². The minimum atomic E-state index is -0.395. The van der Waals surface area contributed by atoms with E-state index < -0.39 is 6.10 Å². The first-order valence-electron chi connectivity index (χ1n) is 9.84. The van der Waals surface area contributed by atoms with E-state index in [0.29, 0.717) is 12.3 Å². The van der Waals surface area contributed by atoms with Crippen molar-refractivity contribution in [3.63, 3.8) is 0 Å². The summed E-state index contributed by atoms with van der Waals surface area (Å²) in [5, 5.41) is 20.2. The highest BCUT2D eigenvalue weighted by Gasteiger charge is 2.32. The van der Waals surface area contributed by atoms with E-state index in [2.05, 4.69) is 23.8 Å². The topological polar surface area (TPSA) is 66.8 Å². The standard InChI is InChI=1S/C21H36O4/c1-3-4-7-11-18(22)14-15-19-17(13-16-20(19)23)10-8-5-6-9-12-21(24)25-2/h5,8,14-15,17-20,22-23H,3-4,6-7,9-13,16H2,1-2H3/b8-5-,15-14+/t17-,18-,19+,20+/m0/s1. The SMILES string of the molecule is CCCCC[C@H](O)/C=C/[C@@H]1[C@@H](C/C=C\CCCC(=O)OC)CC[C@H]1O. The van der Waals surface area contributed by atoms with Gasteiger partial charge < -0.3 is 14.9 Å². The van der Waals surface area contributed by atoms with Crippen molar-refractivity contribution in [2.24, 2.45) is 11.8 Å². The molecule has 0 amide bonds. The van der Waals surface area contributed by atoms with Crippen molar-refractivity contribution in [3.05, 3.63) is 24.3 Å². The average molecular weight is 353 g/mol. The summed E-state index contributed by atoms with van der Waals surface area (Å²) in [6.07, 6.45) is 16.6. The fourth-order valence-corrected chi connectivity index (χ4v) is 3.46. The van der Waals surface area contributed by atoms with E-state index in [1.807, 2.05) is 12.2 Å². The fraction of sp³-hybridized carbons (Fsp3) is 0.762. The highest BCUT2D eigenvalue weighted by molar-refractivity contribution is 5.69. The molecule has 0 heterocycles. The van der Waals surface area contributed by atoms with E-state index in [-0.39, 0.29) is 18.0 Å². The lowest BCUT2D eigenvalue weighted by atomic mass is 9.90. The van der Waals surface area contributed by atoms with Gasteiger partial charge in [-0.15, -0.1) is 0 Å². The van der Waals surface area contributed by atoms with Crippen LogP contribution in [0.25, 0.3) is 0 Å². The van der Waals surface area contributed by atoms with Crippen LogP contribution >= 0.6 is 0 Å². The molecule has 1 aliphatic rings. The summed E-state index contributed by atoms with van der Waals surface area (Å²) in [5.41, 5.74) is 0. The molecule has 1 rings (SSSR count). The van der Waals surface area contributed by atoms with Crippen LogP contribution in [0, 0.1) is 11.8 Å². The molecule has 0 spiro atoms. The zero-order valence-electron chi connectivity index (χ0n) is 15.9. The lowest BCUT2D eigenvalue weighted by Gasteiger charge is -2.18. The molecule has 0 aliphatic heterocycles. The van der Waals surface area contributed by atoms with Gasteiger partial charge in [-0.3, -0.25) is 4.79 Å². The molecule has 4 nitrogen and oxygen atoms in total. The number of carbonyl (C=O) groups is 1. The van der Waals surface area contributed by atoms with Crippen molar-refractivity contribution in [2.45, 2.75) is 83.3 Å². The van der Waals surface area contributed by atoms with Crippen LogP contribution in [0.2, 0.25) is 0 Å². The highest BCUT2D eigenvalue weighted by atomic mass is 16.5. The van der Waals surface area contributed by atoms with Crippen LogP contribution in [-0.2, 0) is 9.53 Å². The summed E-state index contributed by atoms with van der Waals surface area (Å²) >= 11 is 0. The van der Waals surface area contributed by atoms with E-state index in [9.17, 15) is 15.0 Å². The molecule has 1 aliphatic carbocycles. The first-order valence-corrected chi connectivity index (χ1v) is 9.84. The molecule has 4 atom stereocenters. The van der Waals surface area contributed by atoms with Gasteiger partial charge in [0.25, 0.3) is 0 Å². The summed E-state index contributed by atoms with van der Waals surface area (Å²) in [7, 11) is 1.41. The van der Waals surface area contributed by atoms with Crippen LogP contribution < -0.4 is 0 Å². The Labute approximate surface area is 153 Å². The van der Waals surface area contributed by atoms with Gasteiger partial charge in [-0.2, -0.15) is 0 Å². The zero-order chi connectivity index (χ0) is 18.5. The number of allylic oxidation sites excluding steroid dienone is 2. The smallest absolute Gasteiger partial charge is 0.305 e. The molecule has 144 valence electrons. The predicted octanol–water partition coefficient (Wildman–Crippen LogP) is 4.16. The molecular formula is C21H36O4. The van der Waals surface area contributed by atoms with Gasteiger partial charge in [-0.05, 0) is 44.4 Å². The van der Waals surface area contributed by atoms with Gasteiger partial charge in [0.2, 0.25) is 0 Å². The van der Waals surface area contributed by atoms with Crippen LogP contribution in [0.1, 0.15) is 71.1 Å². The van der Waals surface area contributed by atoms with E-state index in [1.165, 1.54) is 7.11 Å². The Balaban J connectivity index is 2.33. The van der Waals surface area contributed by atoms with Crippen molar-refractivity contribution >= 4 is 5.97 Å². The summed E-state index contributed by atoms with van der Waals surface area (Å²) in [6, 6.07) is 0. The number of carbonyl (C=O) groups excluding carboxylic acids is 1. The third-order valence-corrected chi connectivity index (χ3v) is 5.07. The molecule has 0 bridgehead atoms. The van der Waals surface area contributed by atoms with Crippen LogP contribution in [0.15, 0.2) is 24.3 Å². The molecule has 0 unspecified atom stereocenters. The fourth-order valence-electron chi connectivity index (χ4n) is 3.46. The maximum atomic E-state index is 11.0. The van der Waals surface area contributed by atoms with Crippen molar-refractivity contribution in [1.29, 1.82) is 0 Å². The van der Waals surface area contributed by atoms with Crippen LogP contribution in [0.3, 0.4) is 0 Å². The van der Waals surface area contributed by atoms with Gasteiger partial charge in [-0.1, -0.05) is 50.5 Å². The molecule has 1 saturated carbocycles. The Hall–Kier alpha value is -1.13. The van der Waals surface area contributed by atoms with E-state index in [0.717, 1.165) is 57.8 Å². The Bertz CT molecular complexity index is 416. The number of ether oxygens (including phenoxy) is 1. The number of esters is 1. The van der Waals surface area contributed by atoms with Crippen molar-refractivity contribution in [2.75, 3.05) is 7.11 Å². The number of hydrogen-bond donors (Lipinski definition) is 2. The Morgan fingerprint density at radius 1 is 1.24 bits per heavy atom. The summed E-state index contributed by atoms with van der Waals surface area (Å²) in [4.78, 5) is 11.0. The summed E-state index contributed by atoms with van der Waals surface area (Å²) < 4.78 is 4.62. The molecule has 25 heavy (non-hydrogen) atoms. The molecule has 0 radical (unpaired) electrons. The molecule has 1 fully saturated rings. The lowest BCUT2D eigenvalue weighted by molar-refractivity contribution is -0.140. The minimum absolute atomic E-state index is 0.139. The predicted molar refractivity (Wildman–Crippen MR) is 101 cm³/mol. The molecule has 0 saturated heterocycles. The van der Waals surface area contributed by atoms with Gasteiger partial charge in [0.1, 0.15) is 0 Å². The second kappa shape index (κ2) is 13.1. The Morgan fingerprint density at radius 3 is 2.76 bits per heavy atom. The maximum absolute atomic E-state index is 11.0. The van der Waals surface area contributed by atoms with Crippen molar-refractivity contribution in [3.8, 4) is 0 Å². The van der Waals surface area contributed by atoms with Gasteiger partial charge in [0, 0.05) is 12.3 Å². The first-order chi connectivity index (χ1) is 12.1. The van der Waals surface area contributed by atoms with Gasteiger partial charge in [0.05, 0.1) is 19.3 Å². The number of hydrogen-bond acceptors (Lipinski definition) is 4. The monoisotopic (exact) mass is 352 g/mol. The molecule has 0 aromatic carbocycles. The highest BCUT2D eigenvalue weighted by Crippen LogP contribution is 2.36.